The summed E-state index contributed by atoms with van der Waals surface area (Å²) in [7, 11) is 0. The summed E-state index contributed by atoms with van der Waals surface area (Å²) in [5, 5.41) is 12.9. The molecule has 1 N–H and O–H groups in total. The van der Waals surface area contributed by atoms with Gasteiger partial charge >= 0.3 is 5.97 Å². The summed E-state index contributed by atoms with van der Waals surface area (Å²) < 4.78 is 1.54. The van der Waals surface area contributed by atoms with Gasteiger partial charge in [-0.2, -0.15) is 5.10 Å². The van der Waals surface area contributed by atoms with Gasteiger partial charge in [0.05, 0.1) is 0 Å². The highest BCUT2D eigenvalue weighted by Crippen LogP contribution is 2.08. The number of pyridine rings is 1. The molecule has 2 aromatic heterocycles. The third-order valence-electron chi connectivity index (χ3n) is 2.80. The molecule has 7 nitrogen and oxygen atoms in total. The van der Waals surface area contributed by atoms with E-state index in [1.165, 1.54) is 9.58 Å². The molecule has 0 bridgehead atoms. The smallest absolute Gasteiger partial charge is 0.323 e. The van der Waals surface area contributed by atoms with E-state index in [0.29, 0.717) is 18.8 Å². The van der Waals surface area contributed by atoms with Gasteiger partial charge in [0.2, 0.25) is 0 Å². The number of nitrogens with zero attached hydrogens (tertiary/aromatic N) is 4. The van der Waals surface area contributed by atoms with Crippen molar-refractivity contribution in [3.8, 4) is 5.82 Å². The number of hydrogen-bond acceptors (Lipinski definition) is 4. The first-order valence-corrected chi connectivity index (χ1v) is 6.60. The predicted molar refractivity (Wildman–Crippen MR) is 75.2 cm³/mol. The maximum atomic E-state index is 12.4. The molecule has 2 heterocycles. The molecule has 0 atom stereocenters. The van der Waals surface area contributed by atoms with Crippen LogP contribution in [0.2, 0.25) is 0 Å². The largest absolute Gasteiger partial charge is 0.480 e. The quantitative estimate of drug-likeness (QED) is 0.863. The number of hydrogen-bond donors (Lipinski definition) is 1. The fourth-order valence-electron chi connectivity index (χ4n) is 1.92. The van der Waals surface area contributed by atoms with Gasteiger partial charge in [0.15, 0.2) is 5.82 Å². The molecule has 0 saturated carbocycles. The van der Waals surface area contributed by atoms with E-state index >= 15 is 0 Å². The lowest BCUT2D eigenvalue weighted by atomic mass is 10.3. The fraction of sp³-hybridized carbons (Fsp3) is 0.286. The van der Waals surface area contributed by atoms with Gasteiger partial charge in [-0.3, -0.25) is 9.59 Å². The molecule has 0 aliphatic rings. The predicted octanol–water partition coefficient (Wildman–Crippen LogP) is 1.20. The maximum Gasteiger partial charge on any atom is 0.323 e. The standard InChI is InChI=1S/C14H16N4O3/c1-2-8-17(10-13(19)20)14(21)11-5-3-6-12(16-11)18-9-4-7-15-18/h3-7,9H,2,8,10H2,1H3,(H,19,20). The monoisotopic (exact) mass is 288 g/mol. The van der Waals surface area contributed by atoms with E-state index in [-0.39, 0.29) is 12.2 Å². The first kappa shape index (κ1) is 14.7. The second-order valence-electron chi connectivity index (χ2n) is 4.45. The van der Waals surface area contributed by atoms with Crippen molar-refractivity contribution in [2.75, 3.05) is 13.1 Å². The molecule has 7 heteroatoms. The second-order valence-corrected chi connectivity index (χ2v) is 4.45. The number of carbonyl (C=O) groups is 2. The molecule has 0 saturated heterocycles. The zero-order valence-electron chi connectivity index (χ0n) is 11.6. The van der Waals surface area contributed by atoms with E-state index < -0.39 is 11.9 Å². The summed E-state index contributed by atoms with van der Waals surface area (Å²) in [4.78, 5) is 28.7. The average molecular weight is 288 g/mol. The van der Waals surface area contributed by atoms with Crippen molar-refractivity contribution in [1.82, 2.24) is 19.7 Å². The first-order valence-electron chi connectivity index (χ1n) is 6.60. The van der Waals surface area contributed by atoms with Crippen LogP contribution in [-0.2, 0) is 4.79 Å². The van der Waals surface area contributed by atoms with Crippen molar-refractivity contribution in [3.63, 3.8) is 0 Å². The first-order chi connectivity index (χ1) is 10.1. The summed E-state index contributed by atoms with van der Waals surface area (Å²) in [5.74, 6) is -0.925. The van der Waals surface area contributed by atoms with Gasteiger partial charge in [-0.15, -0.1) is 0 Å². The van der Waals surface area contributed by atoms with Crippen molar-refractivity contribution in [2.45, 2.75) is 13.3 Å². The van der Waals surface area contributed by atoms with Crippen molar-refractivity contribution < 1.29 is 14.7 Å². The Labute approximate surface area is 121 Å². The van der Waals surface area contributed by atoms with Gasteiger partial charge in [-0.25, -0.2) is 9.67 Å². The van der Waals surface area contributed by atoms with Crippen LogP contribution in [0.3, 0.4) is 0 Å². The zero-order chi connectivity index (χ0) is 15.2. The van der Waals surface area contributed by atoms with Gasteiger partial charge in [0.1, 0.15) is 12.2 Å². The van der Waals surface area contributed by atoms with Gasteiger partial charge in [-0.05, 0) is 24.6 Å². The number of aliphatic carboxylic acids is 1. The normalized spacial score (nSPS) is 10.3. The summed E-state index contributed by atoms with van der Waals surface area (Å²) in [6, 6.07) is 6.75. The molecule has 110 valence electrons. The highest BCUT2D eigenvalue weighted by atomic mass is 16.4. The molecule has 2 rings (SSSR count). The molecule has 21 heavy (non-hydrogen) atoms. The Bertz CT molecular complexity index is 625. The molecule has 0 unspecified atom stereocenters. The Kier molecular flexibility index (Phi) is 4.65. The lowest BCUT2D eigenvalue weighted by molar-refractivity contribution is -0.137. The van der Waals surface area contributed by atoms with Crippen molar-refractivity contribution in [3.05, 3.63) is 42.4 Å². The molecule has 0 aliphatic carbocycles. The van der Waals surface area contributed by atoms with Gasteiger partial charge in [0.25, 0.3) is 5.91 Å². The van der Waals surface area contributed by atoms with E-state index in [4.69, 9.17) is 5.11 Å². The van der Waals surface area contributed by atoms with Gasteiger partial charge in [0, 0.05) is 18.9 Å². The van der Waals surface area contributed by atoms with E-state index in [2.05, 4.69) is 10.1 Å². The molecule has 2 aromatic rings. The highest BCUT2D eigenvalue weighted by Gasteiger charge is 2.19. The van der Waals surface area contributed by atoms with Crippen molar-refractivity contribution >= 4 is 11.9 Å². The highest BCUT2D eigenvalue weighted by molar-refractivity contribution is 5.94. The fourth-order valence-corrected chi connectivity index (χ4v) is 1.92. The molecule has 0 fully saturated rings. The third-order valence-corrected chi connectivity index (χ3v) is 2.80. The van der Waals surface area contributed by atoms with Crippen LogP contribution < -0.4 is 0 Å². The molecule has 0 aliphatic heterocycles. The van der Waals surface area contributed by atoms with E-state index in [9.17, 15) is 9.59 Å². The van der Waals surface area contributed by atoms with Gasteiger partial charge in [-0.1, -0.05) is 13.0 Å². The Hall–Kier alpha value is -2.70. The Morgan fingerprint density at radius 3 is 2.76 bits per heavy atom. The SMILES string of the molecule is CCCN(CC(=O)O)C(=O)c1cccc(-n2cccn2)n1. The van der Waals surface area contributed by atoms with Crippen LogP contribution in [-0.4, -0.2) is 49.7 Å². The van der Waals surface area contributed by atoms with E-state index in [0.717, 1.165) is 0 Å². The number of carboxylic acid groups (broad SMARTS) is 1. The zero-order valence-corrected chi connectivity index (χ0v) is 11.6. The molecule has 0 radical (unpaired) electrons. The number of amides is 1. The Morgan fingerprint density at radius 2 is 2.14 bits per heavy atom. The Morgan fingerprint density at radius 1 is 1.33 bits per heavy atom. The van der Waals surface area contributed by atoms with Crippen LogP contribution in [0.15, 0.2) is 36.7 Å². The lowest BCUT2D eigenvalue weighted by Crippen LogP contribution is -2.36. The average Bonchev–Trinajstić information content (AvgIpc) is 3.00. The Balaban J connectivity index is 2.25. The van der Waals surface area contributed by atoms with Crippen LogP contribution >= 0.6 is 0 Å². The summed E-state index contributed by atoms with van der Waals surface area (Å²) in [6.45, 7) is 1.93. The third kappa shape index (κ3) is 3.65. The topological polar surface area (TPSA) is 88.3 Å². The minimum absolute atomic E-state index is 0.206. The van der Waals surface area contributed by atoms with E-state index in [1.54, 1.807) is 36.7 Å². The van der Waals surface area contributed by atoms with Crippen LogP contribution in [0.1, 0.15) is 23.8 Å². The number of rotatable bonds is 6. The van der Waals surface area contributed by atoms with E-state index in [1.807, 2.05) is 6.92 Å². The van der Waals surface area contributed by atoms with Crippen molar-refractivity contribution in [2.24, 2.45) is 0 Å². The van der Waals surface area contributed by atoms with Crippen LogP contribution in [0, 0.1) is 0 Å². The lowest BCUT2D eigenvalue weighted by Gasteiger charge is -2.19. The molecule has 1 amide bonds. The number of carbonyl (C=O) groups excluding carboxylic acids is 1. The molecular formula is C14H16N4O3. The second kappa shape index (κ2) is 6.65. The van der Waals surface area contributed by atoms with Crippen LogP contribution in [0.5, 0.6) is 0 Å². The van der Waals surface area contributed by atoms with Gasteiger partial charge < -0.3 is 10.0 Å². The summed E-state index contributed by atoms with van der Waals surface area (Å²) >= 11 is 0. The number of aromatic nitrogens is 3. The minimum Gasteiger partial charge on any atom is -0.480 e. The maximum absolute atomic E-state index is 12.4. The number of carboxylic acids is 1. The summed E-state index contributed by atoms with van der Waals surface area (Å²) in [5.41, 5.74) is 0.206. The van der Waals surface area contributed by atoms with Crippen molar-refractivity contribution in [1.29, 1.82) is 0 Å². The molecule has 0 spiro atoms. The van der Waals surface area contributed by atoms with Crippen LogP contribution in [0.4, 0.5) is 0 Å². The summed E-state index contributed by atoms with van der Waals surface area (Å²) in [6.07, 6.45) is 4.01. The molecule has 0 aromatic carbocycles. The van der Waals surface area contributed by atoms with Crippen LogP contribution in [0.25, 0.3) is 5.82 Å². The minimum atomic E-state index is -1.04. The molecular weight excluding hydrogens is 272 g/mol.